The van der Waals surface area contributed by atoms with Gasteiger partial charge in [0.15, 0.2) is 0 Å². The monoisotopic (exact) mass is 314 g/mol. The molecule has 3 N–H and O–H groups in total. The number of carbonyl (C=O) groups excluding carboxylic acids is 2. The molecule has 2 amide bonds. The molecular weight excluding hydrogens is 296 g/mol. The predicted octanol–water partition coefficient (Wildman–Crippen LogP) is 2.54. The summed E-state index contributed by atoms with van der Waals surface area (Å²) >= 11 is 0. The largest absolute Gasteiger partial charge is 0.507 e. The lowest BCUT2D eigenvalue weighted by molar-refractivity contribution is -0.119. The van der Waals surface area contributed by atoms with E-state index >= 15 is 0 Å². The van der Waals surface area contributed by atoms with Crippen LogP contribution in [0.2, 0.25) is 0 Å². The van der Waals surface area contributed by atoms with Gasteiger partial charge in [-0.05, 0) is 48.9 Å². The smallest absolute Gasteiger partial charge is 0.259 e. The molecule has 0 spiro atoms. The summed E-state index contributed by atoms with van der Waals surface area (Å²) in [4.78, 5) is 23.5. The van der Waals surface area contributed by atoms with Crippen molar-refractivity contribution >= 4 is 23.2 Å². The first kappa shape index (κ1) is 16.5. The molecule has 0 heterocycles. The summed E-state index contributed by atoms with van der Waals surface area (Å²) in [7, 11) is 1.44. The SMILES string of the molecule is COCC(=O)Nc1ccc(NC(=O)c2ccc(C)cc2O)cc1. The fraction of sp³-hybridized carbons (Fsp3) is 0.176. The lowest BCUT2D eigenvalue weighted by atomic mass is 10.1. The molecule has 2 aromatic carbocycles. The van der Waals surface area contributed by atoms with Gasteiger partial charge in [0.05, 0.1) is 5.56 Å². The molecule has 0 aromatic heterocycles. The van der Waals surface area contributed by atoms with Crippen LogP contribution in [-0.2, 0) is 9.53 Å². The molecule has 0 bridgehead atoms. The minimum absolute atomic E-state index is 0.0226. The number of hydrogen-bond acceptors (Lipinski definition) is 4. The summed E-state index contributed by atoms with van der Waals surface area (Å²) in [6.07, 6.45) is 0. The van der Waals surface area contributed by atoms with Crippen LogP contribution in [0, 0.1) is 6.92 Å². The van der Waals surface area contributed by atoms with Crippen molar-refractivity contribution in [3.63, 3.8) is 0 Å². The van der Waals surface area contributed by atoms with Crippen LogP contribution in [0.5, 0.6) is 5.75 Å². The number of benzene rings is 2. The van der Waals surface area contributed by atoms with Gasteiger partial charge in [0.25, 0.3) is 5.91 Å². The van der Waals surface area contributed by atoms with Crippen molar-refractivity contribution < 1.29 is 19.4 Å². The highest BCUT2D eigenvalue weighted by atomic mass is 16.5. The number of phenols is 1. The molecule has 23 heavy (non-hydrogen) atoms. The molecule has 0 aliphatic carbocycles. The zero-order valence-corrected chi connectivity index (χ0v) is 12.9. The molecule has 6 nitrogen and oxygen atoms in total. The lowest BCUT2D eigenvalue weighted by Crippen LogP contribution is -2.17. The Hall–Kier alpha value is -2.86. The third-order valence-electron chi connectivity index (χ3n) is 3.10. The van der Waals surface area contributed by atoms with Gasteiger partial charge in [-0.3, -0.25) is 9.59 Å². The fourth-order valence-corrected chi connectivity index (χ4v) is 2.00. The molecule has 0 atom stereocenters. The molecule has 2 rings (SSSR count). The number of aromatic hydroxyl groups is 1. The van der Waals surface area contributed by atoms with Gasteiger partial charge in [0, 0.05) is 18.5 Å². The second kappa shape index (κ2) is 7.42. The first-order chi connectivity index (χ1) is 11.0. The standard InChI is InChI=1S/C17H18N2O4/c1-11-3-8-14(15(20)9-11)17(22)19-13-6-4-12(5-7-13)18-16(21)10-23-2/h3-9,20H,10H2,1-2H3,(H,18,21)(H,19,22). The van der Waals surface area contributed by atoms with E-state index in [1.54, 1.807) is 36.4 Å². The molecule has 0 saturated heterocycles. The van der Waals surface area contributed by atoms with Crippen molar-refractivity contribution in [1.82, 2.24) is 0 Å². The number of anilines is 2. The molecule has 0 aliphatic rings. The molecule has 0 unspecified atom stereocenters. The molecule has 120 valence electrons. The van der Waals surface area contributed by atoms with Crippen molar-refractivity contribution in [2.75, 3.05) is 24.4 Å². The molecule has 0 saturated carbocycles. The predicted molar refractivity (Wildman–Crippen MR) is 87.7 cm³/mol. The van der Waals surface area contributed by atoms with E-state index in [4.69, 9.17) is 4.74 Å². The summed E-state index contributed by atoms with van der Waals surface area (Å²) in [6.45, 7) is 1.81. The Bertz CT molecular complexity index is 711. The van der Waals surface area contributed by atoms with E-state index in [0.717, 1.165) is 5.56 Å². The van der Waals surface area contributed by atoms with Crippen LogP contribution in [0.1, 0.15) is 15.9 Å². The summed E-state index contributed by atoms with van der Waals surface area (Å²) in [6, 6.07) is 11.5. The fourth-order valence-electron chi connectivity index (χ4n) is 2.00. The van der Waals surface area contributed by atoms with Crippen molar-refractivity contribution in [2.45, 2.75) is 6.92 Å². The van der Waals surface area contributed by atoms with Gasteiger partial charge in [-0.1, -0.05) is 6.07 Å². The molecule has 0 radical (unpaired) electrons. The van der Waals surface area contributed by atoms with Gasteiger partial charge in [-0.25, -0.2) is 0 Å². The molecule has 0 aliphatic heterocycles. The van der Waals surface area contributed by atoms with Crippen LogP contribution >= 0.6 is 0 Å². The topological polar surface area (TPSA) is 87.7 Å². The van der Waals surface area contributed by atoms with Gasteiger partial charge in [-0.15, -0.1) is 0 Å². The maximum Gasteiger partial charge on any atom is 0.259 e. The third-order valence-corrected chi connectivity index (χ3v) is 3.10. The Morgan fingerprint density at radius 1 is 1.04 bits per heavy atom. The minimum atomic E-state index is -0.404. The lowest BCUT2D eigenvalue weighted by Gasteiger charge is -2.09. The van der Waals surface area contributed by atoms with E-state index in [1.165, 1.54) is 13.2 Å². The summed E-state index contributed by atoms with van der Waals surface area (Å²) in [5.74, 6) is -0.724. The zero-order chi connectivity index (χ0) is 16.8. The van der Waals surface area contributed by atoms with E-state index in [9.17, 15) is 14.7 Å². The first-order valence-electron chi connectivity index (χ1n) is 6.99. The summed E-state index contributed by atoms with van der Waals surface area (Å²) in [5, 5.41) is 15.2. The van der Waals surface area contributed by atoms with Crippen molar-refractivity contribution in [3.8, 4) is 5.75 Å². The third kappa shape index (κ3) is 4.55. The number of nitrogens with one attached hydrogen (secondary N) is 2. The highest BCUT2D eigenvalue weighted by Gasteiger charge is 2.11. The van der Waals surface area contributed by atoms with E-state index < -0.39 is 5.91 Å². The number of methoxy groups -OCH3 is 1. The average Bonchev–Trinajstić information content (AvgIpc) is 2.49. The van der Waals surface area contributed by atoms with Crippen molar-refractivity contribution in [1.29, 1.82) is 0 Å². The quantitative estimate of drug-likeness (QED) is 0.791. The number of hydrogen-bond donors (Lipinski definition) is 3. The second-order valence-electron chi connectivity index (χ2n) is 5.03. The number of ether oxygens (including phenoxy) is 1. The number of phenolic OH excluding ortho intramolecular Hbond substituents is 1. The normalized spacial score (nSPS) is 10.2. The van der Waals surface area contributed by atoms with Crippen molar-refractivity contribution in [2.24, 2.45) is 0 Å². The van der Waals surface area contributed by atoms with Crippen LogP contribution in [0.15, 0.2) is 42.5 Å². The molecule has 2 aromatic rings. The Kier molecular flexibility index (Phi) is 5.32. The van der Waals surface area contributed by atoms with Crippen molar-refractivity contribution in [3.05, 3.63) is 53.6 Å². The van der Waals surface area contributed by atoms with Crippen LogP contribution < -0.4 is 10.6 Å². The minimum Gasteiger partial charge on any atom is -0.507 e. The van der Waals surface area contributed by atoms with Crippen LogP contribution in [0.25, 0.3) is 0 Å². The number of amides is 2. The van der Waals surface area contributed by atoms with Gasteiger partial charge in [0.2, 0.25) is 5.91 Å². The summed E-state index contributed by atoms with van der Waals surface area (Å²) < 4.78 is 4.73. The Balaban J connectivity index is 2.03. The zero-order valence-electron chi connectivity index (χ0n) is 12.9. The van der Waals surface area contributed by atoms with E-state index in [1.807, 2.05) is 6.92 Å². The van der Waals surface area contributed by atoms with Gasteiger partial charge in [-0.2, -0.15) is 0 Å². The van der Waals surface area contributed by atoms with Gasteiger partial charge >= 0.3 is 0 Å². The number of rotatable bonds is 5. The molecule has 6 heteroatoms. The molecule has 0 fully saturated rings. The Morgan fingerprint density at radius 3 is 2.22 bits per heavy atom. The maximum absolute atomic E-state index is 12.1. The van der Waals surface area contributed by atoms with Crippen LogP contribution in [-0.4, -0.2) is 30.6 Å². The van der Waals surface area contributed by atoms with E-state index in [0.29, 0.717) is 11.4 Å². The Labute approximate surface area is 134 Å². The van der Waals surface area contributed by atoms with Crippen LogP contribution in [0.3, 0.4) is 0 Å². The van der Waals surface area contributed by atoms with Gasteiger partial charge < -0.3 is 20.5 Å². The molecular formula is C17H18N2O4. The average molecular weight is 314 g/mol. The maximum atomic E-state index is 12.1. The van der Waals surface area contributed by atoms with Gasteiger partial charge in [0.1, 0.15) is 12.4 Å². The summed E-state index contributed by atoms with van der Waals surface area (Å²) in [5.41, 5.74) is 2.23. The van der Waals surface area contributed by atoms with Crippen LogP contribution in [0.4, 0.5) is 11.4 Å². The second-order valence-corrected chi connectivity index (χ2v) is 5.03. The number of carbonyl (C=O) groups is 2. The first-order valence-corrected chi connectivity index (χ1v) is 6.99. The Morgan fingerprint density at radius 2 is 1.65 bits per heavy atom. The highest BCUT2D eigenvalue weighted by Crippen LogP contribution is 2.20. The highest BCUT2D eigenvalue weighted by molar-refractivity contribution is 6.06. The van der Waals surface area contributed by atoms with E-state index in [2.05, 4.69) is 10.6 Å². The van der Waals surface area contributed by atoms with E-state index in [-0.39, 0.29) is 23.8 Å². The number of aryl methyl sites for hydroxylation is 1.